The first-order valence-corrected chi connectivity index (χ1v) is 8.52. The summed E-state index contributed by atoms with van der Waals surface area (Å²) in [6, 6.07) is 6.10. The number of amides is 1. The summed E-state index contributed by atoms with van der Waals surface area (Å²) in [7, 11) is 1.73. The molecule has 1 amide bonds. The van der Waals surface area contributed by atoms with Crippen molar-refractivity contribution < 1.29 is 14.3 Å². The summed E-state index contributed by atoms with van der Waals surface area (Å²) in [5.74, 6) is 1.62. The third kappa shape index (κ3) is 4.96. The highest BCUT2D eigenvalue weighted by Crippen LogP contribution is 2.20. The molecule has 0 saturated carbocycles. The molecule has 23 heavy (non-hydrogen) atoms. The second-order valence-electron chi connectivity index (χ2n) is 6.58. The SMILES string of the molecule is CO[C@H]1CN(C(=O)CCCOc2ccc(C)c(C)c2)CC[C@H]1C. The number of hydrogen-bond donors (Lipinski definition) is 0. The molecule has 1 fully saturated rings. The zero-order valence-corrected chi connectivity index (χ0v) is 14.8. The van der Waals surface area contributed by atoms with Crippen LogP contribution in [-0.4, -0.2) is 43.7 Å². The number of likely N-dealkylation sites (tertiary alicyclic amines) is 1. The Morgan fingerprint density at radius 1 is 1.30 bits per heavy atom. The number of ether oxygens (including phenoxy) is 2. The van der Waals surface area contributed by atoms with Crippen LogP contribution in [0.4, 0.5) is 0 Å². The number of methoxy groups -OCH3 is 1. The third-order valence-corrected chi connectivity index (χ3v) is 4.83. The van der Waals surface area contributed by atoms with E-state index < -0.39 is 0 Å². The van der Waals surface area contributed by atoms with Crippen molar-refractivity contribution in [3.05, 3.63) is 29.3 Å². The molecule has 4 nitrogen and oxygen atoms in total. The molecule has 1 aromatic carbocycles. The molecule has 2 atom stereocenters. The molecule has 128 valence electrons. The summed E-state index contributed by atoms with van der Waals surface area (Å²) in [4.78, 5) is 14.2. The first kappa shape index (κ1) is 17.8. The van der Waals surface area contributed by atoms with E-state index in [-0.39, 0.29) is 12.0 Å². The molecule has 1 aliphatic rings. The highest BCUT2D eigenvalue weighted by molar-refractivity contribution is 5.76. The molecule has 0 unspecified atom stereocenters. The molecule has 0 spiro atoms. The van der Waals surface area contributed by atoms with Gasteiger partial charge >= 0.3 is 0 Å². The fourth-order valence-corrected chi connectivity index (χ4v) is 2.94. The van der Waals surface area contributed by atoms with Gasteiger partial charge in [0.05, 0.1) is 12.7 Å². The maximum atomic E-state index is 12.3. The summed E-state index contributed by atoms with van der Waals surface area (Å²) >= 11 is 0. The molecule has 1 saturated heterocycles. The predicted molar refractivity (Wildman–Crippen MR) is 91.8 cm³/mol. The van der Waals surface area contributed by atoms with E-state index in [1.54, 1.807) is 7.11 Å². The molecule has 0 aromatic heterocycles. The number of carbonyl (C=O) groups is 1. The molecule has 1 aliphatic heterocycles. The van der Waals surface area contributed by atoms with Gasteiger partial charge in [0, 0.05) is 26.6 Å². The summed E-state index contributed by atoms with van der Waals surface area (Å²) in [5, 5.41) is 0. The quantitative estimate of drug-likeness (QED) is 0.755. The van der Waals surface area contributed by atoms with Crippen molar-refractivity contribution in [2.45, 2.75) is 46.1 Å². The highest BCUT2D eigenvalue weighted by Gasteiger charge is 2.28. The van der Waals surface area contributed by atoms with Gasteiger partial charge in [-0.2, -0.15) is 0 Å². The van der Waals surface area contributed by atoms with Crippen molar-refractivity contribution in [2.24, 2.45) is 5.92 Å². The lowest BCUT2D eigenvalue weighted by Gasteiger charge is -2.36. The number of benzene rings is 1. The van der Waals surface area contributed by atoms with E-state index in [4.69, 9.17) is 9.47 Å². The van der Waals surface area contributed by atoms with Crippen molar-refractivity contribution in [1.82, 2.24) is 4.90 Å². The van der Waals surface area contributed by atoms with E-state index in [1.165, 1.54) is 11.1 Å². The van der Waals surface area contributed by atoms with Crippen LogP contribution in [0.15, 0.2) is 18.2 Å². The fraction of sp³-hybridized carbons (Fsp3) is 0.632. The molecular formula is C19H29NO3. The Morgan fingerprint density at radius 2 is 2.09 bits per heavy atom. The first-order chi connectivity index (χ1) is 11.0. The average Bonchev–Trinajstić information content (AvgIpc) is 2.55. The number of hydrogen-bond acceptors (Lipinski definition) is 3. The van der Waals surface area contributed by atoms with E-state index >= 15 is 0 Å². The zero-order valence-electron chi connectivity index (χ0n) is 14.8. The molecule has 0 aliphatic carbocycles. The van der Waals surface area contributed by atoms with E-state index in [9.17, 15) is 4.79 Å². The molecule has 1 aromatic rings. The minimum absolute atomic E-state index is 0.166. The predicted octanol–water partition coefficient (Wildman–Crippen LogP) is 3.35. The fourth-order valence-electron chi connectivity index (χ4n) is 2.94. The summed E-state index contributed by atoms with van der Waals surface area (Å²) in [5.41, 5.74) is 2.49. The van der Waals surface area contributed by atoms with Crippen LogP contribution in [0.25, 0.3) is 0 Å². The molecule has 0 N–H and O–H groups in total. The van der Waals surface area contributed by atoms with Crippen molar-refractivity contribution >= 4 is 5.91 Å². The Hall–Kier alpha value is -1.55. The molecular weight excluding hydrogens is 290 g/mol. The van der Waals surface area contributed by atoms with Gasteiger partial charge < -0.3 is 14.4 Å². The molecule has 1 heterocycles. The van der Waals surface area contributed by atoms with E-state index in [0.717, 1.165) is 25.1 Å². The summed E-state index contributed by atoms with van der Waals surface area (Å²) in [6.45, 7) is 8.49. The van der Waals surface area contributed by atoms with Crippen LogP contribution in [0, 0.1) is 19.8 Å². The summed E-state index contributed by atoms with van der Waals surface area (Å²) < 4.78 is 11.2. The maximum Gasteiger partial charge on any atom is 0.222 e. The van der Waals surface area contributed by atoms with Gasteiger partial charge in [-0.25, -0.2) is 0 Å². The molecule has 4 heteroatoms. The Labute approximate surface area is 139 Å². The van der Waals surface area contributed by atoms with Gasteiger partial charge in [0.1, 0.15) is 5.75 Å². The third-order valence-electron chi connectivity index (χ3n) is 4.83. The zero-order chi connectivity index (χ0) is 16.8. The molecule has 2 rings (SSSR count). The van der Waals surface area contributed by atoms with Crippen molar-refractivity contribution in [1.29, 1.82) is 0 Å². The van der Waals surface area contributed by atoms with Crippen LogP contribution in [-0.2, 0) is 9.53 Å². The maximum absolute atomic E-state index is 12.3. The van der Waals surface area contributed by atoms with E-state index in [2.05, 4.69) is 26.8 Å². The Kier molecular flexibility index (Phi) is 6.46. The molecule has 0 bridgehead atoms. The Bertz CT molecular complexity index is 529. The second-order valence-corrected chi connectivity index (χ2v) is 6.58. The van der Waals surface area contributed by atoms with Crippen LogP contribution in [0.3, 0.4) is 0 Å². The average molecular weight is 319 g/mol. The monoisotopic (exact) mass is 319 g/mol. The largest absolute Gasteiger partial charge is 0.494 e. The van der Waals surface area contributed by atoms with Crippen molar-refractivity contribution in [3.8, 4) is 5.75 Å². The number of carbonyl (C=O) groups excluding carboxylic acids is 1. The van der Waals surface area contributed by atoms with Crippen LogP contribution in [0.5, 0.6) is 5.75 Å². The van der Waals surface area contributed by atoms with Crippen LogP contribution >= 0.6 is 0 Å². The van der Waals surface area contributed by atoms with Crippen LogP contribution in [0.1, 0.15) is 37.3 Å². The molecule has 0 radical (unpaired) electrons. The van der Waals surface area contributed by atoms with E-state index in [1.807, 2.05) is 17.0 Å². The number of rotatable bonds is 6. The van der Waals surface area contributed by atoms with Gasteiger partial charge in [-0.1, -0.05) is 13.0 Å². The first-order valence-electron chi connectivity index (χ1n) is 8.52. The second kappa shape index (κ2) is 8.34. The van der Waals surface area contributed by atoms with Gasteiger partial charge in [-0.3, -0.25) is 4.79 Å². The van der Waals surface area contributed by atoms with Crippen molar-refractivity contribution in [2.75, 3.05) is 26.8 Å². The van der Waals surface area contributed by atoms with Gasteiger partial charge in [0.25, 0.3) is 0 Å². The van der Waals surface area contributed by atoms with Gasteiger partial charge in [-0.15, -0.1) is 0 Å². The number of piperidine rings is 1. The van der Waals surface area contributed by atoms with Gasteiger partial charge in [-0.05, 0) is 55.9 Å². The summed E-state index contributed by atoms with van der Waals surface area (Å²) in [6.07, 6.45) is 2.47. The van der Waals surface area contributed by atoms with Gasteiger partial charge in [0.2, 0.25) is 5.91 Å². The normalized spacial score (nSPS) is 21.3. The Morgan fingerprint density at radius 3 is 2.78 bits per heavy atom. The smallest absolute Gasteiger partial charge is 0.222 e. The standard InChI is InChI=1S/C19H29NO3/c1-14-7-8-17(12-16(14)3)23-11-5-6-19(21)20-10-9-15(2)18(13-20)22-4/h7-8,12,15,18H,5-6,9-11,13H2,1-4H3/t15-,18+/m1/s1. The lowest BCUT2D eigenvalue weighted by atomic mass is 9.95. The van der Waals surface area contributed by atoms with E-state index in [0.29, 0.717) is 25.5 Å². The lowest BCUT2D eigenvalue weighted by molar-refractivity contribution is -0.136. The highest BCUT2D eigenvalue weighted by atomic mass is 16.5. The lowest BCUT2D eigenvalue weighted by Crippen LogP contribution is -2.46. The number of aryl methyl sites for hydroxylation is 2. The van der Waals surface area contributed by atoms with Gasteiger partial charge in [0.15, 0.2) is 0 Å². The number of nitrogens with zero attached hydrogens (tertiary/aromatic N) is 1. The Balaban J connectivity index is 1.71. The van der Waals surface area contributed by atoms with Crippen molar-refractivity contribution in [3.63, 3.8) is 0 Å². The van der Waals surface area contributed by atoms with Crippen LogP contribution in [0.2, 0.25) is 0 Å². The topological polar surface area (TPSA) is 38.8 Å². The minimum atomic E-state index is 0.166. The minimum Gasteiger partial charge on any atom is -0.494 e. The van der Waals surface area contributed by atoms with Crippen LogP contribution < -0.4 is 4.74 Å².